The Kier molecular flexibility index (Phi) is 5.94. The minimum Gasteiger partial charge on any atom is -0.494 e. The monoisotopic (exact) mass is 222 g/mol. The lowest BCUT2D eigenvalue weighted by Gasteiger charge is -2.10. The maximum atomic E-state index is 5.60. The van der Waals surface area contributed by atoms with Gasteiger partial charge in [0.2, 0.25) is 0 Å². The summed E-state index contributed by atoms with van der Waals surface area (Å²) in [5.41, 5.74) is 1.38. The van der Waals surface area contributed by atoms with E-state index in [2.05, 4.69) is 26.0 Å². The molecule has 0 bridgehead atoms. The third-order valence-corrected chi connectivity index (χ3v) is 2.82. The maximum absolute atomic E-state index is 5.60. The highest BCUT2D eigenvalue weighted by Gasteiger charge is 2.02. The molecule has 2 heteroatoms. The molecule has 1 unspecified atom stereocenters. The van der Waals surface area contributed by atoms with Crippen molar-refractivity contribution in [3.63, 3.8) is 0 Å². The first kappa shape index (κ1) is 13.0. The molecule has 1 aromatic rings. The van der Waals surface area contributed by atoms with Gasteiger partial charge in [0, 0.05) is 20.1 Å². The number of ether oxygens (including phenoxy) is 2. The Morgan fingerprint density at radius 2 is 1.81 bits per heavy atom. The summed E-state index contributed by atoms with van der Waals surface area (Å²) in [7, 11) is 1.71. The van der Waals surface area contributed by atoms with Crippen LogP contribution in [0.15, 0.2) is 24.3 Å². The second-order valence-electron chi connectivity index (χ2n) is 4.07. The van der Waals surface area contributed by atoms with E-state index in [1.165, 1.54) is 12.0 Å². The highest BCUT2D eigenvalue weighted by atomic mass is 16.5. The average molecular weight is 222 g/mol. The molecule has 0 aliphatic carbocycles. The number of hydrogen-bond donors (Lipinski definition) is 0. The zero-order valence-corrected chi connectivity index (χ0v) is 10.5. The van der Waals surface area contributed by atoms with E-state index in [9.17, 15) is 0 Å². The highest BCUT2D eigenvalue weighted by molar-refractivity contribution is 5.29. The molecule has 0 aromatic heterocycles. The van der Waals surface area contributed by atoms with Crippen molar-refractivity contribution in [2.75, 3.05) is 20.3 Å². The van der Waals surface area contributed by atoms with E-state index in [4.69, 9.17) is 9.47 Å². The quantitative estimate of drug-likeness (QED) is 0.656. The Bertz CT molecular complexity index is 279. The van der Waals surface area contributed by atoms with Crippen LogP contribution in [0.5, 0.6) is 5.75 Å². The fraction of sp³-hybridized carbons (Fsp3) is 0.571. The van der Waals surface area contributed by atoms with E-state index in [0.29, 0.717) is 5.92 Å². The Balaban J connectivity index is 2.39. The molecule has 0 amide bonds. The predicted molar refractivity (Wildman–Crippen MR) is 67.1 cm³/mol. The summed E-state index contributed by atoms with van der Waals surface area (Å²) < 4.78 is 10.6. The molecule has 0 aliphatic rings. The van der Waals surface area contributed by atoms with E-state index in [1.807, 2.05) is 12.1 Å². The summed E-state index contributed by atoms with van der Waals surface area (Å²) in [4.78, 5) is 0. The largest absolute Gasteiger partial charge is 0.494 e. The van der Waals surface area contributed by atoms with Crippen LogP contribution in [0.2, 0.25) is 0 Å². The summed E-state index contributed by atoms with van der Waals surface area (Å²) in [5.74, 6) is 1.57. The van der Waals surface area contributed by atoms with Gasteiger partial charge < -0.3 is 9.47 Å². The lowest BCUT2D eigenvalue weighted by Crippen LogP contribution is -2.01. The number of benzene rings is 1. The smallest absolute Gasteiger partial charge is 0.119 e. The van der Waals surface area contributed by atoms with Crippen LogP contribution in [0, 0.1) is 0 Å². The van der Waals surface area contributed by atoms with Crippen molar-refractivity contribution in [3.8, 4) is 5.75 Å². The van der Waals surface area contributed by atoms with E-state index in [0.717, 1.165) is 25.4 Å². The van der Waals surface area contributed by atoms with Crippen LogP contribution < -0.4 is 4.74 Å². The molecular formula is C14H22O2. The molecule has 0 radical (unpaired) electrons. The summed E-state index contributed by atoms with van der Waals surface area (Å²) in [5, 5.41) is 0. The molecule has 0 aliphatic heterocycles. The summed E-state index contributed by atoms with van der Waals surface area (Å²) in [6, 6.07) is 8.40. The van der Waals surface area contributed by atoms with Crippen LogP contribution >= 0.6 is 0 Å². The van der Waals surface area contributed by atoms with E-state index >= 15 is 0 Å². The molecular weight excluding hydrogens is 200 g/mol. The highest BCUT2D eigenvalue weighted by Crippen LogP contribution is 2.21. The lowest BCUT2D eigenvalue weighted by molar-refractivity contribution is 0.172. The van der Waals surface area contributed by atoms with Crippen molar-refractivity contribution >= 4 is 0 Å². The zero-order chi connectivity index (χ0) is 11.8. The van der Waals surface area contributed by atoms with E-state index < -0.39 is 0 Å². The molecule has 0 saturated heterocycles. The number of hydrogen-bond acceptors (Lipinski definition) is 2. The molecule has 0 fully saturated rings. The Morgan fingerprint density at radius 1 is 1.12 bits per heavy atom. The Hall–Kier alpha value is -1.02. The molecule has 0 spiro atoms. The number of rotatable bonds is 7. The van der Waals surface area contributed by atoms with Crippen molar-refractivity contribution in [1.82, 2.24) is 0 Å². The molecule has 0 heterocycles. The molecule has 16 heavy (non-hydrogen) atoms. The van der Waals surface area contributed by atoms with E-state index in [-0.39, 0.29) is 0 Å². The van der Waals surface area contributed by atoms with Crippen molar-refractivity contribution in [2.45, 2.75) is 32.6 Å². The van der Waals surface area contributed by atoms with Gasteiger partial charge in [-0.15, -0.1) is 0 Å². The van der Waals surface area contributed by atoms with Crippen molar-refractivity contribution in [3.05, 3.63) is 29.8 Å². The van der Waals surface area contributed by atoms with Crippen LogP contribution in [-0.2, 0) is 4.74 Å². The van der Waals surface area contributed by atoms with Gasteiger partial charge in [-0.05, 0) is 30.0 Å². The van der Waals surface area contributed by atoms with Crippen molar-refractivity contribution < 1.29 is 9.47 Å². The molecule has 2 nitrogen and oxygen atoms in total. The minimum atomic E-state index is 0.627. The summed E-state index contributed by atoms with van der Waals surface area (Å²) in [6.45, 7) is 5.93. The predicted octanol–water partition coefficient (Wildman–Crippen LogP) is 3.62. The first-order chi connectivity index (χ1) is 7.77. The normalized spacial score (nSPS) is 12.4. The van der Waals surface area contributed by atoms with Crippen LogP contribution in [0.3, 0.4) is 0 Å². The zero-order valence-electron chi connectivity index (χ0n) is 10.5. The second kappa shape index (κ2) is 7.29. The van der Waals surface area contributed by atoms with Crippen molar-refractivity contribution in [2.24, 2.45) is 0 Å². The van der Waals surface area contributed by atoms with Gasteiger partial charge in [-0.25, -0.2) is 0 Å². The summed E-state index contributed by atoms with van der Waals surface area (Å²) >= 11 is 0. The van der Waals surface area contributed by atoms with Crippen LogP contribution in [0.4, 0.5) is 0 Å². The van der Waals surface area contributed by atoms with E-state index in [1.54, 1.807) is 7.11 Å². The van der Waals surface area contributed by atoms with Gasteiger partial charge >= 0.3 is 0 Å². The minimum absolute atomic E-state index is 0.627. The third-order valence-electron chi connectivity index (χ3n) is 2.82. The van der Waals surface area contributed by atoms with Gasteiger partial charge in [0.25, 0.3) is 0 Å². The molecule has 1 atom stereocenters. The maximum Gasteiger partial charge on any atom is 0.119 e. The average Bonchev–Trinajstić information content (AvgIpc) is 2.34. The summed E-state index contributed by atoms with van der Waals surface area (Å²) in [6.07, 6.45) is 2.11. The van der Waals surface area contributed by atoms with Gasteiger partial charge in [0.05, 0.1) is 6.61 Å². The first-order valence-corrected chi connectivity index (χ1v) is 5.99. The van der Waals surface area contributed by atoms with Crippen LogP contribution in [-0.4, -0.2) is 20.3 Å². The fourth-order valence-corrected chi connectivity index (χ4v) is 1.52. The molecule has 90 valence electrons. The topological polar surface area (TPSA) is 18.5 Å². The van der Waals surface area contributed by atoms with Gasteiger partial charge in [-0.3, -0.25) is 0 Å². The van der Waals surface area contributed by atoms with Gasteiger partial charge in [0.1, 0.15) is 5.75 Å². The SMILES string of the molecule is CCC(C)c1ccc(OCCCOC)cc1. The van der Waals surface area contributed by atoms with Gasteiger partial charge in [-0.2, -0.15) is 0 Å². The first-order valence-electron chi connectivity index (χ1n) is 5.99. The second-order valence-corrected chi connectivity index (χ2v) is 4.07. The van der Waals surface area contributed by atoms with Gasteiger partial charge in [0.15, 0.2) is 0 Å². The molecule has 1 rings (SSSR count). The van der Waals surface area contributed by atoms with Crippen LogP contribution in [0.25, 0.3) is 0 Å². The molecule has 0 N–H and O–H groups in total. The van der Waals surface area contributed by atoms with Gasteiger partial charge in [-0.1, -0.05) is 26.0 Å². The molecule has 1 aromatic carbocycles. The lowest BCUT2D eigenvalue weighted by atomic mass is 9.99. The molecule has 0 saturated carbocycles. The Labute approximate surface area is 98.6 Å². The Morgan fingerprint density at radius 3 is 2.38 bits per heavy atom. The standard InChI is InChI=1S/C14H22O2/c1-4-12(2)13-6-8-14(9-7-13)16-11-5-10-15-3/h6-9,12H,4-5,10-11H2,1-3H3. The fourth-order valence-electron chi connectivity index (χ4n) is 1.52. The van der Waals surface area contributed by atoms with Crippen molar-refractivity contribution in [1.29, 1.82) is 0 Å². The third kappa shape index (κ3) is 4.23. The number of methoxy groups -OCH3 is 1. The van der Waals surface area contributed by atoms with Crippen LogP contribution in [0.1, 0.15) is 38.2 Å².